The van der Waals surface area contributed by atoms with Crippen molar-refractivity contribution in [2.24, 2.45) is 0 Å². The molecule has 0 bridgehead atoms. The number of halogens is 1. The maximum absolute atomic E-state index is 12.0. The maximum atomic E-state index is 12.0. The molecule has 0 N–H and O–H groups in total. The van der Waals surface area contributed by atoms with Crippen LogP contribution in [0.3, 0.4) is 0 Å². The zero-order valence-corrected chi connectivity index (χ0v) is 10.7. The maximum Gasteiger partial charge on any atom is 0.235 e. The first kappa shape index (κ1) is 13.3. The second-order valence-electron chi connectivity index (χ2n) is 3.23. The molecule has 0 aliphatic rings. The van der Waals surface area contributed by atoms with Crippen molar-refractivity contribution in [2.75, 3.05) is 22.5 Å². The molecule has 1 aromatic heterocycles. The van der Waals surface area contributed by atoms with Crippen LogP contribution in [-0.4, -0.2) is 31.6 Å². The third-order valence-electron chi connectivity index (χ3n) is 2.11. The molecule has 0 spiro atoms. The van der Waals surface area contributed by atoms with Crippen molar-refractivity contribution >= 4 is 27.3 Å². The molecule has 0 radical (unpaired) electrons. The van der Waals surface area contributed by atoms with Crippen LogP contribution in [0.4, 0.5) is 5.69 Å². The lowest BCUT2D eigenvalue weighted by Gasteiger charge is -2.22. The lowest BCUT2D eigenvalue weighted by molar-refractivity contribution is 0.590. The van der Waals surface area contributed by atoms with Crippen molar-refractivity contribution < 1.29 is 8.42 Å². The summed E-state index contributed by atoms with van der Waals surface area (Å²) in [5.41, 5.74) is 0.645. The van der Waals surface area contributed by atoms with Gasteiger partial charge in [-0.05, 0) is 25.5 Å². The normalized spacial score (nSPS) is 11.4. The summed E-state index contributed by atoms with van der Waals surface area (Å²) in [6, 6.07) is 3.36. The first-order chi connectivity index (χ1) is 7.61. The quantitative estimate of drug-likeness (QED) is 0.736. The fourth-order valence-corrected chi connectivity index (χ4v) is 3.26. The predicted octanol–water partition coefficient (Wildman–Crippen LogP) is 1.87. The Hall–Kier alpha value is -0.810. The number of hydrogen-bond donors (Lipinski definition) is 0. The number of alkyl halides is 1. The van der Waals surface area contributed by atoms with Crippen LogP contribution in [0, 0.1) is 0 Å². The van der Waals surface area contributed by atoms with Crippen LogP contribution in [0.5, 0.6) is 0 Å². The molecule has 6 heteroatoms. The smallest absolute Gasteiger partial charge is 0.235 e. The van der Waals surface area contributed by atoms with Gasteiger partial charge in [-0.3, -0.25) is 9.29 Å². The van der Waals surface area contributed by atoms with Gasteiger partial charge in [0.05, 0.1) is 11.4 Å². The number of rotatable bonds is 6. The lowest BCUT2D eigenvalue weighted by Crippen LogP contribution is -2.33. The minimum Gasteiger partial charge on any atom is -0.270 e. The Morgan fingerprint density at radius 3 is 2.50 bits per heavy atom. The molecule has 16 heavy (non-hydrogen) atoms. The van der Waals surface area contributed by atoms with Crippen LogP contribution in [0.15, 0.2) is 24.5 Å². The first-order valence-corrected chi connectivity index (χ1v) is 7.22. The number of nitrogens with zero attached hydrogens (tertiary/aromatic N) is 2. The van der Waals surface area contributed by atoms with E-state index in [4.69, 9.17) is 11.6 Å². The summed E-state index contributed by atoms with van der Waals surface area (Å²) >= 11 is 5.51. The zero-order valence-electron chi connectivity index (χ0n) is 9.13. The molecule has 1 aromatic rings. The number of anilines is 1. The molecule has 0 fully saturated rings. The number of hydrogen-bond acceptors (Lipinski definition) is 3. The molecular formula is C10H15ClN2O2S. The summed E-state index contributed by atoms with van der Waals surface area (Å²) in [5, 5.41) is 0. The van der Waals surface area contributed by atoms with E-state index in [1.165, 1.54) is 4.31 Å². The highest BCUT2D eigenvalue weighted by atomic mass is 35.5. The number of pyridine rings is 1. The Bertz CT molecular complexity index is 408. The molecule has 0 saturated carbocycles. The van der Waals surface area contributed by atoms with Gasteiger partial charge in [0, 0.05) is 24.8 Å². The van der Waals surface area contributed by atoms with Gasteiger partial charge in [0.15, 0.2) is 0 Å². The summed E-state index contributed by atoms with van der Waals surface area (Å²) in [4.78, 5) is 3.86. The van der Waals surface area contributed by atoms with Crippen LogP contribution in [0.25, 0.3) is 0 Å². The third-order valence-corrected chi connectivity index (χ3v) is 4.32. The lowest BCUT2D eigenvalue weighted by atomic mass is 10.4. The van der Waals surface area contributed by atoms with Crippen molar-refractivity contribution in [1.29, 1.82) is 0 Å². The van der Waals surface area contributed by atoms with Crippen molar-refractivity contribution in [3.8, 4) is 0 Å². The molecule has 0 amide bonds. The van der Waals surface area contributed by atoms with E-state index >= 15 is 0 Å². The number of aromatic nitrogens is 1. The molecule has 1 rings (SSSR count). The average Bonchev–Trinajstić information content (AvgIpc) is 2.28. The molecule has 0 aliphatic carbocycles. The second-order valence-corrected chi connectivity index (χ2v) is 5.62. The predicted molar refractivity (Wildman–Crippen MR) is 66.4 cm³/mol. The van der Waals surface area contributed by atoms with Crippen LogP contribution >= 0.6 is 11.6 Å². The Labute approximate surface area is 101 Å². The summed E-state index contributed by atoms with van der Waals surface area (Å²) < 4.78 is 25.3. The molecule has 1 heterocycles. The van der Waals surface area contributed by atoms with Crippen LogP contribution in [0.2, 0.25) is 0 Å². The van der Waals surface area contributed by atoms with Gasteiger partial charge in [-0.1, -0.05) is 0 Å². The van der Waals surface area contributed by atoms with E-state index in [-0.39, 0.29) is 5.75 Å². The minimum absolute atomic E-state index is 0.0761. The zero-order chi connectivity index (χ0) is 12.0. The van der Waals surface area contributed by atoms with Gasteiger partial charge in [-0.15, -0.1) is 11.6 Å². The molecule has 0 aliphatic heterocycles. The Morgan fingerprint density at radius 1 is 1.38 bits per heavy atom. The molecule has 4 nitrogen and oxygen atoms in total. The van der Waals surface area contributed by atoms with Gasteiger partial charge in [0.2, 0.25) is 10.0 Å². The van der Waals surface area contributed by atoms with Crippen molar-refractivity contribution in [2.45, 2.75) is 13.3 Å². The van der Waals surface area contributed by atoms with Gasteiger partial charge < -0.3 is 0 Å². The summed E-state index contributed by atoms with van der Waals surface area (Å²) in [5.74, 6) is 0.430. The average molecular weight is 263 g/mol. The van der Waals surface area contributed by atoms with E-state index in [0.717, 1.165) is 0 Å². The fraction of sp³-hybridized carbons (Fsp3) is 0.500. The molecule has 0 aromatic carbocycles. The highest BCUT2D eigenvalue weighted by molar-refractivity contribution is 7.92. The highest BCUT2D eigenvalue weighted by Crippen LogP contribution is 2.17. The first-order valence-electron chi connectivity index (χ1n) is 5.08. The van der Waals surface area contributed by atoms with Gasteiger partial charge in [-0.25, -0.2) is 8.42 Å². The summed E-state index contributed by atoms with van der Waals surface area (Å²) in [6.07, 6.45) is 3.62. The molecular weight excluding hydrogens is 248 g/mol. The van der Waals surface area contributed by atoms with Crippen LogP contribution < -0.4 is 4.31 Å². The van der Waals surface area contributed by atoms with Gasteiger partial charge >= 0.3 is 0 Å². The standard InChI is InChI=1S/C10H15ClN2O2S/c1-2-13(10-4-7-12-8-5-10)16(14,15)9-3-6-11/h4-5,7-8H,2-3,6,9H2,1H3. The van der Waals surface area contributed by atoms with Crippen molar-refractivity contribution in [3.05, 3.63) is 24.5 Å². The Balaban J connectivity index is 2.90. The molecule has 90 valence electrons. The fourth-order valence-electron chi connectivity index (χ4n) is 1.40. The minimum atomic E-state index is -3.27. The Kier molecular flexibility index (Phi) is 5.02. The largest absolute Gasteiger partial charge is 0.270 e. The molecule has 0 unspecified atom stereocenters. The van der Waals surface area contributed by atoms with Gasteiger partial charge in [-0.2, -0.15) is 0 Å². The highest BCUT2D eigenvalue weighted by Gasteiger charge is 2.19. The van der Waals surface area contributed by atoms with E-state index in [1.807, 2.05) is 0 Å². The molecule has 0 atom stereocenters. The Morgan fingerprint density at radius 2 is 2.00 bits per heavy atom. The second kappa shape index (κ2) is 6.06. The SMILES string of the molecule is CCN(c1ccncc1)S(=O)(=O)CCCCl. The van der Waals surface area contributed by atoms with Crippen molar-refractivity contribution in [3.63, 3.8) is 0 Å². The molecule has 0 saturated heterocycles. The summed E-state index contributed by atoms with van der Waals surface area (Å²) in [6.45, 7) is 2.22. The third kappa shape index (κ3) is 3.35. The van der Waals surface area contributed by atoms with E-state index in [9.17, 15) is 8.42 Å². The van der Waals surface area contributed by atoms with E-state index in [2.05, 4.69) is 4.98 Å². The van der Waals surface area contributed by atoms with Gasteiger partial charge in [0.1, 0.15) is 0 Å². The number of sulfonamides is 1. The van der Waals surface area contributed by atoms with Gasteiger partial charge in [0.25, 0.3) is 0 Å². The van der Waals surface area contributed by atoms with E-state index in [1.54, 1.807) is 31.5 Å². The van der Waals surface area contributed by atoms with Crippen LogP contribution in [0.1, 0.15) is 13.3 Å². The topological polar surface area (TPSA) is 50.3 Å². The van der Waals surface area contributed by atoms with Crippen molar-refractivity contribution in [1.82, 2.24) is 4.98 Å². The monoisotopic (exact) mass is 262 g/mol. The van der Waals surface area contributed by atoms with E-state index < -0.39 is 10.0 Å². The van der Waals surface area contributed by atoms with E-state index in [0.29, 0.717) is 24.5 Å². The van der Waals surface area contributed by atoms with Crippen LogP contribution in [-0.2, 0) is 10.0 Å². The summed E-state index contributed by atoms with van der Waals surface area (Å²) in [7, 11) is -3.27.